The second-order valence-electron chi connectivity index (χ2n) is 4.28. The molecular formula is C14H15NO3S. The van der Waals surface area contributed by atoms with E-state index in [-0.39, 0.29) is 17.2 Å². The maximum atomic E-state index is 12.0. The summed E-state index contributed by atoms with van der Waals surface area (Å²) >= 11 is 0. The van der Waals surface area contributed by atoms with E-state index >= 15 is 0 Å². The van der Waals surface area contributed by atoms with Crippen LogP contribution in [0.25, 0.3) is 0 Å². The molecule has 0 saturated heterocycles. The molecule has 2 N–H and O–H groups in total. The number of phenols is 1. The van der Waals surface area contributed by atoms with Crippen LogP contribution in [0.15, 0.2) is 53.4 Å². The lowest BCUT2D eigenvalue weighted by Gasteiger charge is -2.08. The van der Waals surface area contributed by atoms with E-state index in [0.29, 0.717) is 0 Å². The van der Waals surface area contributed by atoms with Gasteiger partial charge in [-0.25, -0.2) is 13.1 Å². The molecule has 0 aliphatic carbocycles. The van der Waals surface area contributed by atoms with E-state index in [9.17, 15) is 13.5 Å². The van der Waals surface area contributed by atoms with Gasteiger partial charge in [-0.15, -0.1) is 0 Å². The zero-order valence-electron chi connectivity index (χ0n) is 10.5. The molecule has 0 radical (unpaired) electrons. The first-order chi connectivity index (χ1) is 8.99. The van der Waals surface area contributed by atoms with Crippen molar-refractivity contribution in [3.8, 4) is 5.75 Å². The van der Waals surface area contributed by atoms with Crippen LogP contribution < -0.4 is 4.72 Å². The number of nitrogens with one attached hydrogen (secondary N) is 1. The van der Waals surface area contributed by atoms with Gasteiger partial charge in [-0.1, -0.05) is 42.0 Å². The Morgan fingerprint density at radius 2 is 1.68 bits per heavy atom. The molecule has 0 heterocycles. The van der Waals surface area contributed by atoms with Crippen molar-refractivity contribution in [2.24, 2.45) is 0 Å². The number of aryl methyl sites for hydroxylation is 1. The van der Waals surface area contributed by atoms with Crippen LogP contribution in [-0.4, -0.2) is 13.5 Å². The monoisotopic (exact) mass is 277 g/mol. The average Bonchev–Trinajstić information content (AvgIpc) is 2.38. The van der Waals surface area contributed by atoms with E-state index in [1.807, 2.05) is 31.2 Å². The molecule has 19 heavy (non-hydrogen) atoms. The summed E-state index contributed by atoms with van der Waals surface area (Å²) in [5, 5.41) is 9.56. The lowest BCUT2D eigenvalue weighted by atomic mass is 10.2. The highest BCUT2D eigenvalue weighted by atomic mass is 32.2. The Bertz CT molecular complexity index is 663. The van der Waals surface area contributed by atoms with Crippen LogP contribution in [0, 0.1) is 6.92 Å². The molecule has 5 heteroatoms. The van der Waals surface area contributed by atoms with Crippen LogP contribution in [0.5, 0.6) is 5.75 Å². The molecule has 0 unspecified atom stereocenters. The summed E-state index contributed by atoms with van der Waals surface area (Å²) in [7, 11) is -3.70. The predicted molar refractivity (Wildman–Crippen MR) is 73.3 cm³/mol. The van der Waals surface area contributed by atoms with Crippen LogP contribution in [0.4, 0.5) is 0 Å². The van der Waals surface area contributed by atoms with E-state index in [1.165, 1.54) is 12.1 Å². The van der Waals surface area contributed by atoms with Gasteiger partial charge in [0, 0.05) is 6.54 Å². The third-order valence-corrected chi connectivity index (χ3v) is 4.19. The van der Waals surface area contributed by atoms with Gasteiger partial charge >= 0.3 is 0 Å². The summed E-state index contributed by atoms with van der Waals surface area (Å²) < 4.78 is 26.5. The van der Waals surface area contributed by atoms with Gasteiger partial charge in [0.05, 0.1) is 0 Å². The molecule has 4 nitrogen and oxygen atoms in total. The molecule has 0 atom stereocenters. The van der Waals surface area contributed by atoms with E-state index in [2.05, 4.69) is 4.72 Å². The summed E-state index contributed by atoms with van der Waals surface area (Å²) in [6.45, 7) is 2.16. The predicted octanol–water partition coefficient (Wildman–Crippen LogP) is 2.18. The lowest BCUT2D eigenvalue weighted by molar-refractivity contribution is 0.458. The average molecular weight is 277 g/mol. The Labute approximate surface area is 112 Å². The minimum absolute atomic E-state index is 0.109. The van der Waals surface area contributed by atoms with Crippen molar-refractivity contribution in [2.75, 3.05) is 0 Å². The summed E-state index contributed by atoms with van der Waals surface area (Å²) in [5.74, 6) is -0.251. The fourth-order valence-corrected chi connectivity index (χ4v) is 2.76. The van der Waals surface area contributed by atoms with E-state index in [0.717, 1.165) is 11.1 Å². The zero-order valence-corrected chi connectivity index (χ0v) is 11.3. The number of hydrogen-bond acceptors (Lipinski definition) is 3. The molecule has 0 fully saturated rings. The summed E-state index contributed by atoms with van der Waals surface area (Å²) in [4.78, 5) is -0.109. The molecule has 0 spiro atoms. The molecule has 2 aromatic carbocycles. The van der Waals surface area contributed by atoms with Gasteiger partial charge in [0.2, 0.25) is 10.0 Å². The maximum Gasteiger partial charge on any atom is 0.244 e. The van der Waals surface area contributed by atoms with Crippen LogP contribution in [0.2, 0.25) is 0 Å². The Morgan fingerprint density at radius 1 is 1.05 bits per heavy atom. The van der Waals surface area contributed by atoms with E-state index in [1.54, 1.807) is 12.1 Å². The van der Waals surface area contributed by atoms with Crippen LogP contribution in [-0.2, 0) is 16.6 Å². The van der Waals surface area contributed by atoms with Crippen molar-refractivity contribution < 1.29 is 13.5 Å². The number of phenolic OH excluding ortho intramolecular Hbond substituents is 1. The van der Waals surface area contributed by atoms with Gasteiger partial charge in [-0.05, 0) is 24.6 Å². The van der Waals surface area contributed by atoms with Crippen LogP contribution in [0.1, 0.15) is 11.1 Å². The highest BCUT2D eigenvalue weighted by Gasteiger charge is 2.17. The molecule has 0 bridgehead atoms. The third kappa shape index (κ3) is 3.33. The molecule has 0 aliphatic heterocycles. The van der Waals surface area contributed by atoms with Crippen molar-refractivity contribution in [2.45, 2.75) is 18.4 Å². The van der Waals surface area contributed by atoms with Gasteiger partial charge in [-0.2, -0.15) is 0 Å². The number of sulfonamides is 1. The van der Waals surface area contributed by atoms with E-state index < -0.39 is 10.0 Å². The summed E-state index contributed by atoms with van der Waals surface area (Å²) in [6, 6.07) is 13.4. The van der Waals surface area contributed by atoms with Crippen molar-refractivity contribution >= 4 is 10.0 Å². The first kappa shape index (κ1) is 13.6. The fraction of sp³-hybridized carbons (Fsp3) is 0.143. The van der Waals surface area contributed by atoms with Crippen LogP contribution in [0.3, 0.4) is 0 Å². The number of hydrogen-bond donors (Lipinski definition) is 2. The van der Waals surface area contributed by atoms with Crippen molar-refractivity contribution in [1.29, 1.82) is 0 Å². The van der Waals surface area contributed by atoms with Gasteiger partial charge < -0.3 is 5.11 Å². The largest absolute Gasteiger partial charge is 0.507 e. The summed E-state index contributed by atoms with van der Waals surface area (Å²) in [5.41, 5.74) is 1.98. The number of benzene rings is 2. The van der Waals surface area contributed by atoms with Gasteiger partial charge in [-0.3, -0.25) is 0 Å². The molecule has 0 amide bonds. The Hall–Kier alpha value is -1.85. The zero-order chi connectivity index (χ0) is 13.9. The summed E-state index contributed by atoms with van der Waals surface area (Å²) in [6.07, 6.45) is 0. The molecule has 2 rings (SSSR count). The van der Waals surface area contributed by atoms with Gasteiger partial charge in [0.25, 0.3) is 0 Å². The lowest BCUT2D eigenvalue weighted by Crippen LogP contribution is -2.23. The Balaban J connectivity index is 2.14. The Morgan fingerprint density at radius 3 is 2.32 bits per heavy atom. The van der Waals surface area contributed by atoms with Gasteiger partial charge in [0.1, 0.15) is 10.6 Å². The molecular weight excluding hydrogens is 262 g/mol. The molecule has 0 aromatic heterocycles. The minimum atomic E-state index is -3.70. The molecule has 100 valence electrons. The highest BCUT2D eigenvalue weighted by molar-refractivity contribution is 7.89. The minimum Gasteiger partial charge on any atom is -0.507 e. The second-order valence-corrected chi connectivity index (χ2v) is 6.01. The van der Waals surface area contributed by atoms with E-state index in [4.69, 9.17) is 0 Å². The Kier molecular flexibility index (Phi) is 3.87. The number of aromatic hydroxyl groups is 1. The molecule has 0 aliphatic rings. The fourth-order valence-electron chi connectivity index (χ4n) is 1.65. The second kappa shape index (κ2) is 5.42. The smallest absolute Gasteiger partial charge is 0.244 e. The highest BCUT2D eigenvalue weighted by Crippen LogP contribution is 2.21. The van der Waals surface area contributed by atoms with Gasteiger partial charge in [0.15, 0.2) is 0 Å². The normalized spacial score (nSPS) is 11.4. The number of rotatable bonds is 4. The van der Waals surface area contributed by atoms with Crippen molar-refractivity contribution in [3.63, 3.8) is 0 Å². The topological polar surface area (TPSA) is 66.4 Å². The third-order valence-electron chi connectivity index (χ3n) is 2.74. The standard InChI is InChI=1S/C14H15NO3S/c1-11-6-8-12(9-7-11)10-15-19(17,18)14-5-3-2-4-13(14)16/h2-9,15-16H,10H2,1H3. The quantitative estimate of drug-likeness (QED) is 0.900. The maximum absolute atomic E-state index is 12.0. The van der Waals surface area contributed by atoms with Crippen molar-refractivity contribution in [3.05, 3.63) is 59.7 Å². The van der Waals surface area contributed by atoms with Crippen LogP contribution >= 0.6 is 0 Å². The molecule has 2 aromatic rings. The van der Waals surface area contributed by atoms with Crippen molar-refractivity contribution in [1.82, 2.24) is 4.72 Å². The molecule has 0 saturated carbocycles. The SMILES string of the molecule is Cc1ccc(CNS(=O)(=O)c2ccccc2O)cc1. The number of para-hydroxylation sites is 1. The first-order valence-electron chi connectivity index (χ1n) is 5.82. The first-order valence-corrected chi connectivity index (χ1v) is 7.30.